The van der Waals surface area contributed by atoms with E-state index in [0.717, 1.165) is 30.3 Å². The Balaban J connectivity index is 2.19. The van der Waals surface area contributed by atoms with Gasteiger partial charge in [0.05, 0.1) is 0 Å². The molecule has 136 valence electrons. The van der Waals surface area contributed by atoms with E-state index in [9.17, 15) is 8.78 Å². The molecule has 1 N–H and O–H groups in total. The molecular weight excluding hydrogens is 322 g/mol. The molecule has 25 heavy (non-hydrogen) atoms. The minimum atomic E-state index is -2.85. The zero-order valence-corrected chi connectivity index (χ0v) is 15.3. The van der Waals surface area contributed by atoms with Crippen molar-refractivity contribution >= 4 is 10.9 Å². The predicted molar refractivity (Wildman–Crippen MR) is 96.3 cm³/mol. The van der Waals surface area contributed by atoms with Crippen molar-refractivity contribution in [2.45, 2.75) is 46.1 Å². The number of aromatic nitrogens is 1. The highest BCUT2D eigenvalue weighted by Gasteiger charge is 2.35. The molecule has 0 bridgehead atoms. The number of ether oxygens (including phenoxy) is 1. The fraction of sp³-hybridized carbons (Fsp3) is 0.550. The first kappa shape index (κ1) is 18.1. The van der Waals surface area contributed by atoms with Crippen LogP contribution < -0.4 is 10.1 Å². The number of nitrogens with one attached hydrogen (secondary N) is 1. The molecule has 0 saturated heterocycles. The van der Waals surface area contributed by atoms with Gasteiger partial charge in [0.1, 0.15) is 5.52 Å². The highest BCUT2D eigenvalue weighted by atomic mass is 19.3. The van der Waals surface area contributed by atoms with Crippen LogP contribution in [0.5, 0.6) is 5.75 Å². The molecule has 0 spiro atoms. The predicted octanol–water partition coefficient (Wildman–Crippen LogP) is 4.75. The van der Waals surface area contributed by atoms with Crippen molar-refractivity contribution in [3.63, 3.8) is 0 Å². The van der Waals surface area contributed by atoms with E-state index < -0.39 is 6.61 Å². The van der Waals surface area contributed by atoms with E-state index in [0.29, 0.717) is 11.4 Å². The van der Waals surface area contributed by atoms with Gasteiger partial charge in [-0.25, -0.2) is 0 Å². The van der Waals surface area contributed by atoms with Crippen LogP contribution in [-0.4, -0.2) is 25.2 Å². The largest absolute Gasteiger partial charge is 0.432 e. The topological polar surface area (TPSA) is 34.1 Å². The Labute approximate surface area is 147 Å². The Kier molecular flexibility index (Phi) is 4.96. The van der Waals surface area contributed by atoms with Crippen LogP contribution in [0.2, 0.25) is 0 Å². The van der Waals surface area contributed by atoms with E-state index in [2.05, 4.69) is 31.1 Å². The first-order valence-corrected chi connectivity index (χ1v) is 8.81. The molecule has 1 aromatic carbocycles. The first-order chi connectivity index (χ1) is 11.8. The van der Waals surface area contributed by atoms with E-state index in [-0.39, 0.29) is 17.1 Å². The molecule has 2 aromatic rings. The second-order valence-corrected chi connectivity index (χ2v) is 7.98. The van der Waals surface area contributed by atoms with Gasteiger partial charge in [0.2, 0.25) is 0 Å². The summed E-state index contributed by atoms with van der Waals surface area (Å²) in [6.07, 6.45) is 3.61. The monoisotopic (exact) mass is 348 g/mol. The molecule has 0 radical (unpaired) electrons. The maximum atomic E-state index is 12.9. The third-order valence-corrected chi connectivity index (χ3v) is 5.35. The average Bonchev–Trinajstić information content (AvgIpc) is 2.54. The zero-order chi connectivity index (χ0) is 18.2. The van der Waals surface area contributed by atoms with Crippen LogP contribution in [0, 0.1) is 11.3 Å². The maximum absolute atomic E-state index is 12.9. The summed E-state index contributed by atoms with van der Waals surface area (Å²) in [6.45, 7) is 4.78. The molecular formula is C20H26F2N2O. The number of hydrogen-bond acceptors (Lipinski definition) is 3. The Morgan fingerprint density at radius 1 is 1.36 bits per heavy atom. The summed E-state index contributed by atoms with van der Waals surface area (Å²) in [5.74, 6) is 0.992. The number of hydrogen-bond donors (Lipinski definition) is 1. The molecule has 5 heteroatoms. The van der Waals surface area contributed by atoms with Gasteiger partial charge < -0.3 is 10.1 Å². The second kappa shape index (κ2) is 6.87. The summed E-state index contributed by atoms with van der Waals surface area (Å²) in [5.41, 5.74) is 3.07. The Morgan fingerprint density at radius 3 is 2.76 bits per heavy atom. The van der Waals surface area contributed by atoms with Crippen molar-refractivity contribution in [3.8, 4) is 5.75 Å². The highest BCUT2D eigenvalue weighted by molar-refractivity contribution is 5.89. The van der Waals surface area contributed by atoms with Crippen molar-refractivity contribution in [1.82, 2.24) is 10.3 Å². The normalized spacial score (nSPS) is 20.8. The van der Waals surface area contributed by atoms with Gasteiger partial charge in [0.25, 0.3) is 0 Å². The minimum Gasteiger partial charge on any atom is -0.432 e. The molecule has 2 atom stereocenters. The van der Waals surface area contributed by atoms with Crippen molar-refractivity contribution in [1.29, 1.82) is 0 Å². The van der Waals surface area contributed by atoms with Gasteiger partial charge in [-0.05, 0) is 60.4 Å². The van der Waals surface area contributed by atoms with E-state index in [1.807, 2.05) is 19.2 Å². The van der Waals surface area contributed by atoms with E-state index in [1.165, 1.54) is 5.56 Å². The lowest BCUT2D eigenvalue weighted by Gasteiger charge is -2.39. The van der Waals surface area contributed by atoms with Crippen LogP contribution in [0.3, 0.4) is 0 Å². The highest BCUT2D eigenvalue weighted by Crippen LogP contribution is 2.46. The Bertz CT molecular complexity index is 755. The molecule has 2 unspecified atom stereocenters. The third-order valence-electron chi connectivity index (χ3n) is 5.35. The minimum absolute atomic E-state index is 0.180. The van der Waals surface area contributed by atoms with Crippen LogP contribution in [0.1, 0.15) is 44.2 Å². The fourth-order valence-corrected chi connectivity index (χ4v) is 3.97. The van der Waals surface area contributed by atoms with Gasteiger partial charge in [-0.15, -0.1) is 0 Å². The fourth-order valence-electron chi connectivity index (χ4n) is 3.97. The first-order valence-electron chi connectivity index (χ1n) is 8.81. The van der Waals surface area contributed by atoms with Crippen LogP contribution >= 0.6 is 0 Å². The molecule has 1 heterocycles. The lowest BCUT2D eigenvalue weighted by atomic mass is 9.66. The number of benzene rings is 1. The van der Waals surface area contributed by atoms with Crippen LogP contribution in [0.25, 0.3) is 10.9 Å². The molecule has 0 fully saturated rings. The lowest BCUT2D eigenvalue weighted by Crippen LogP contribution is -2.32. The summed E-state index contributed by atoms with van der Waals surface area (Å²) >= 11 is 0. The molecule has 1 aromatic heterocycles. The smallest absolute Gasteiger partial charge is 0.387 e. The number of alkyl halides is 2. The molecule has 3 nitrogen and oxygen atoms in total. The van der Waals surface area contributed by atoms with E-state index in [1.54, 1.807) is 12.3 Å². The van der Waals surface area contributed by atoms with Gasteiger partial charge in [-0.2, -0.15) is 8.78 Å². The third kappa shape index (κ3) is 3.61. The van der Waals surface area contributed by atoms with Crippen LogP contribution in [0.4, 0.5) is 8.78 Å². The Hall–Kier alpha value is -1.75. The van der Waals surface area contributed by atoms with Crippen LogP contribution in [0.15, 0.2) is 24.4 Å². The summed E-state index contributed by atoms with van der Waals surface area (Å²) < 4.78 is 30.6. The van der Waals surface area contributed by atoms with Gasteiger partial charge in [-0.1, -0.05) is 26.8 Å². The number of pyridine rings is 1. The molecule has 0 amide bonds. The number of likely N-dealkylation sites (N-methyl/N-ethyl adjacent to an activating group) is 1. The second-order valence-electron chi connectivity index (χ2n) is 7.98. The van der Waals surface area contributed by atoms with Gasteiger partial charge in [0.15, 0.2) is 5.75 Å². The lowest BCUT2D eigenvalue weighted by molar-refractivity contribution is -0.0490. The molecule has 0 saturated carbocycles. The maximum Gasteiger partial charge on any atom is 0.387 e. The van der Waals surface area contributed by atoms with Crippen molar-refractivity contribution in [2.24, 2.45) is 11.3 Å². The van der Waals surface area contributed by atoms with Crippen molar-refractivity contribution in [2.75, 3.05) is 13.6 Å². The summed E-state index contributed by atoms with van der Waals surface area (Å²) in [5, 5.41) is 4.19. The summed E-state index contributed by atoms with van der Waals surface area (Å²) in [6, 6.07) is 5.63. The summed E-state index contributed by atoms with van der Waals surface area (Å²) in [7, 11) is 1.93. The van der Waals surface area contributed by atoms with Crippen molar-refractivity contribution < 1.29 is 13.5 Å². The molecule has 0 aliphatic heterocycles. The SMILES string of the molecule is CNCC1CC(C(C)(C)C)Cc2c1cc(OC(F)F)c1ncccc21. The Morgan fingerprint density at radius 2 is 2.12 bits per heavy atom. The number of fused-ring (bicyclic) bond motifs is 3. The standard InChI is InChI=1S/C20H26F2N2O/c1-20(2,3)13-8-12(11-23-4)15-10-17(25-19(21)22)18-14(16(15)9-13)6-5-7-24-18/h5-7,10,12-13,19,23H,8-9,11H2,1-4H3. The molecule has 1 aliphatic rings. The van der Waals surface area contributed by atoms with Crippen molar-refractivity contribution in [3.05, 3.63) is 35.5 Å². The zero-order valence-electron chi connectivity index (χ0n) is 15.3. The quantitative estimate of drug-likeness (QED) is 0.866. The van der Waals surface area contributed by atoms with Gasteiger partial charge in [-0.3, -0.25) is 4.98 Å². The number of nitrogens with zero attached hydrogens (tertiary/aromatic N) is 1. The van der Waals surface area contributed by atoms with Crippen LogP contribution in [-0.2, 0) is 6.42 Å². The molecule has 3 rings (SSSR count). The average molecular weight is 348 g/mol. The van der Waals surface area contributed by atoms with E-state index in [4.69, 9.17) is 4.74 Å². The van der Waals surface area contributed by atoms with E-state index >= 15 is 0 Å². The number of halogens is 2. The van der Waals surface area contributed by atoms with Gasteiger partial charge in [0, 0.05) is 18.1 Å². The summed E-state index contributed by atoms with van der Waals surface area (Å²) in [4.78, 5) is 4.33. The number of rotatable bonds is 4. The van der Waals surface area contributed by atoms with Gasteiger partial charge >= 0.3 is 6.61 Å². The molecule has 1 aliphatic carbocycles.